The molecule has 2 amide bonds. The van der Waals surface area contributed by atoms with Gasteiger partial charge in [0, 0.05) is 18.9 Å². The second kappa shape index (κ2) is 7.63. The molecule has 1 unspecified atom stereocenters. The van der Waals surface area contributed by atoms with E-state index in [1.165, 1.54) is 0 Å². The lowest BCUT2D eigenvalue weighted by molar-refractivity contribution is 0.195. The highest BCUT2D eigenvalue weighted by molar-refractivity contribution is 5.94. The number of H-pyrrole nitrogens is 1. The number of nitrogens with one attached hydrogen (secondary N) is 4. The fourth-order valence-electron chi connectivity index (χ4n) is 3.11. The van der Waals surface area contributed by atoms with Gasteiger partial charge in [0.2, 0.25) is 0 Å². The number of rotatable bonds is 5. The van der Waals surface area contributed by atoms with E-state index in [-0.39, 0.29) is 18.1 Å². The van der Waals surface area contributed by atoms with E-state index in [1.54, 1.807) is 12.3 Å². The van der Waals surface area contributed by atoms with Gasteiger partial charge in [-0.1, -0.05) is 30.3 Å². The van der Waals surface area contributed by atoms with E-state index < -0.39 is 0 Å². The molecule has 3 heterocycles. The summed E-state index contributed by atoms with van der Waals surface area (Å²) in [6, 6.07) is 11.4. The van der Waals surface area contributed by atoms with Crippen LogP contribution in [0.5, 0.6) is 0 Å². The van der Waals surface area contributed by atoms with Gasteiger partial charge in [0.15, 0.2) is 5.82 Å². The van der Waals surface area contributed by atoms with Gasteiger partial charge in [-0.15, -0.1) is 0 Å². The fraction of sp³-hybridized carbons (Fsp3) is 0.316. The molecule has 4 rings (SSSR count). The van der Waals surface area contributed by atoms with E-state index in [2.05, 4.69) is 31.1 Å². The van der Waals surface area contributed by atoms with Crippen LogP contribution in [0, 0.1) is 0 Å². The van der Waals surface area contributed by atoms with Crippen molar-refractivity contribution in [3.05, 3.63) is 48.2 Å². The van der Waals surface area contributed by atoms with Crippen LogP contribution in [0.15, 0.2) is 42.6 Å². The number of anilines is 2. The zero-order valence-electron chi connectivity index (χ0n) is 15.0. The minimum absolute atomic E-state index is 0.105. The van der Waals surface area contributed by atoms with Crippen molar-refractivity contribution in [2.75, 3.05) is 23.8 Å². The van der Waals surface area contributed by atoms with E-state index >= 15 is 0 Å². The van der Waals surface area contributed by atoms with Gasteiger partial charge in [0.1, 0.15) is 5.82 Å². The first-order valence-electron chi connectivity index (χ1n) is 9.00. The molecule has 0 aliphatic carbocycles. The Hall–Kier alpha value is -3.13. The Morgan fingerprint density at radius 1 is 1.33 bits per heavy atom. The van der Waals surface area contributed by atoms with E-state index in [0.717, 1.165) is 35.3 Å². The quantitative estimate of drug-likeness (QED) is 0.556. The summed E-state index contributed by atoms with van der Waals surface area (Å²) in [5.41, 5.74) is 1.84. The van der Waals surface area contributed by atoms with Crippen molar-refractivity contribution in [3.8, 4) is 0 Å². The second-order valence-electron chi connectivity index (χ2n) is 6.62. The maximum atomic E-state index is 12.3. The molecule has 0 saturated carbocycles. The molecule has 0 radical (unpaired) electrons. The zero-order chi connectivity index (χ0) is 18.6. The highest BCUT2D eigenvalue weighted by Gasteiger charge is 2.18. The maximum Gasteiger partial charge on any atom is 0.320 e. The molecule has 1 saturated heterocycles. The Labute approximate surface area is 156 Å². The molecule has 0 bridgehead atoms. The van der Waals surface area contributed by atoms with Crippen molar-refractivity contribution in [1.82, 2.24) is 20.5 Å². The number of carbonyl (C=O) groups excluding carboxylic acids is 1. The Kier molecular flexibility index (Phi) is 4.88. The number of ether oxygens (including phenoxy) is 1. The lowest BCUT2D eigenvalue weighted by Gasteiger charge is -2.14. The summed E-state index contributed by atoms with van der Waals surface area (Å²) in [5, 5.41) is 17.2. The SMILES string of the molecule is C[C@@H](NC(=O)Nc1cc2[nH]nc(NC3CCOC3)c2cn1)c1ccccc1. The first-order chi connectivity index (χ1) is 13.2. The number of hydrogen-bond acceptors (Lipinski definition) is 5. The second-order valence-corrected chi connectivity index (χ2v) is 6.62. The molecule has 4 N–H and O–H groups in total. The number of amides is 2. The Balaban J connectivity index is 1.41. The number of aromatic amines is 1. The third-order valence-electron chi connectivity index (χ3n) is 4.61. The minimum atomic E-state index is -0.306. The molecule has 2 aromatic heterocycles. The van der Waals surface area contributed by atoms with E-state index in [9.17, 15) is 4.79 Å². The summed E-state index contributed by atoms with van der Waals surface area (Å²) < 4.78 is 5.37. The topological polar surface area (TPSA) is 104 Å². The van der Waals surface area contributed by atoms with Gasteiger partial charge in [-0.3, -0.25) is 10.4 Å². The summed E-state index contributed by atoms with van der Waals surface area (Å²) in [5.74, 6) is 1.21. The summed E-state index contributed by atoms with van der Waals surface area (Å²) in [7, 11) is 0. The van der Waals surface area contributed by atoms with Gasteiger partial charge in [-0.2, -0.15) is 5.10 Å². The van der Waals surface area contributed by atoms with Crippen LogP contribution in [-0.2, 0) is 4.74 Å². The Morgan fingerprint density at radius 2 is 2.19 bits per heavy atom. The summed E-state index contributed by atoms with van der Waals surface area (Å²) in [4.78, 5) is 16.6. The first-order valence-corrected chi connectivity index (χ1v) is 9.00. The molecule has 2 atom stereocenters. The highest BCUT2D eigenvalue weighted by Crippen LogP contribution is 2.23. The highest BCUT2D eigenvalue weighted by atomic mass is 16.5. The van der Waals surface area contributed by atoms with Gasteiger partial charge in [0.05, 0.1) is 29.6 Å². The van der Waals surface area contributed by atoms with Crippen molar-refractivity contribution < 1.29 is 9.53 Å². The van der Waals surface area contributed by atoms with Crippen LogP contribution in [0.2, 0.25) is 0 Å². The third-order valence-corrected chi connectivity index (χ3v) is 4.61. The molecule has 1 aliphatic rings. The van der Waals surface area contributed by atoms with Gasteiger partial charge in [-0.05, 0) is 18.9 Å². The smallest absolute Gasteiger partial charge is 0.320 e. The lowest BCUT2D eigenvalue weighted by atomic mass is 10.1. The number of pyridine rings is 1. The average Bonchev–Trinajstić information content (AvgIpc) is 3.33. The van der Waals surface area contributed by atoms with Gasteiger partial charge >= 0.3 is 6.03 Å². The molecule has 1 aliphatic heterocycles. The third kappa shape index (κ3) is 4.01. The van der Waals surface area contributed by atoms with Gasteiger partial charge < -0.3 is 15.4 Å². The Bertz CT molecular complexity index is 920. The van der Waals surface area contributed by atoms with Crippen LogP contribution in [-0.4, -0.2) is 40.5 Å². The van der Waals surface area contributed by atoms with Gasteiger partial charge in [0.25, 0.3) is 0 Å². The summed E-state index contributed by atoms with van der Waals surface area (Å²) >= 11 is 0. The average molecular weight is 366 g/mol. The van der Waals surface area contributed by atoms with Crippen molar-refractivity contribution in [1.29, 1.82) is 0 Å². The number of benzene rings is 1. The van der Waals surface area contributed by atoms with Gasteiger partial charge in [-0.25, -0.2) is 9.78 Å². The molecule has 140 valence electrons. The molecule has 3 aromatic rings. The van der Waals surface area contributed by atoms with Crippen LogP contribution in [0.1, 0.15) is 24.9 Å². The summed E-state index contributed by atoms with van der Waals surface area (Å²) in [6.07, 6.45) is 2.66. The molecule has 1 fully saturated rings. The predicted octanol–water partition coefficient (Wildman–Crippen LogP) is 3.04. The molecule has 0 spiro atoms. The normalized spacial score (nSPS) is 17.6. The lowest BCUT2D eigenvalue weighted by Crippen LogP contribution is -2.31. The van der Waals surface area contributed by atoms with Crippen LogP contribution in [0.4, 0.5) is 16.4 Å². The molecular formula is C19H22N6O2. The van der Waals surface area contributed by atoms with Crippen LogP contribution in [0.25, 0.3) is 10.9 Å². The molecule has 27 heavy (non-hydrogen) atoms. The van der Waals surface area contributed by atoms with Crippen LogP contribution in [0.3, 0.4) is 0 Å². The monoisotopic (exact) mass is 366 g/mol. The molecule has 8 nitrogen and oxygen atoms in total. The minimum Gasteiger partial charge on any atom is -0.379 e. The molecule has 8 heteroatoms. The van der Waals surface area contributed by atoms with Crippen LogP contribution >= 0.6 is 0 Å². The molecular weight excluding hydrogens is 344 g/mol. The number of urea groups is 1. The zero-order valence-corrected chi connectivity index (χ0v) is 15.0. The number of fused-ring (bicyclic) bond motifs is 1. The van der Waals surface area contributed by atoms with Crippen molar-refractivity contribution >= 4 is 28.6 Å². The molecule has 1 aromatic carbocycles. The van der Waals surface area contributed by atoms with Crippen molar-refractivity contribution in [2.24, 2.45) is 0 Å². The summed E-state index contributed by atoms with van der Waals surface area (Å²) in [6.45, 7) is 3.38. The first kappa shape index (κ1) is 17.3. The Morgan fingerprint density at radius 3 is 2.96 bits per heavy atom. The maximum absolute atomic E-state index is 12.3. The predicted molar refractivity (Wildman–Crippen MR) is 104 cm³/mol. The number of aromatic nitrogens is 3. The van der Waals surface area contributed by atoms with E-state index in [0.29, 0.717) is 12.4 Å². The largest absolute Gasteiger partial charge is 0.379 e. The van der Waals surface area contributed by atoms with Crippen LogP contribution < -0.4 is 16.0 Å². The number of hydrogen-bond donors (Lipinski definition) is 4. The number of nitrogens with zero attached hydrogens (tertiary/aromatic N) is 2. The standard InChI is InChI=1S/C19H22N6O2/c1-12(13-5-3-2-4-6-13)21-19(26)23-17-9-16-15(10-20-17)18(25-24-16)22-14-7-8-27-11-14/h2-6,9-10,12,14H,7-8,11H2,1H3,(H2,22,24,25)(H2,20,21,23,26)/t12-,14?/m1/s1. The van der Waals surface area contributed by atoms with Crippen molar-refractivity contribution in [2.45, 2.75) is 25.4 Å². The van der Waals surface area contributed by atoms with E-state index in [4.69, 9.17) is 4.74 Å². The van der Waals surface area contributed by atoms with Crippen molar-refractivity contribution in [3.63, 3.8) is 0 Å². The number of carbonyl (C=O) groups is 1. The van der Waals surface area contributed by atoms with E-state index in [1.807, 2.05) is 37.3 Å². The fourth-order valence-corrected chi connectivity index (χ4v) is 3.11.